The first-order valence-electron chi connectivity index (χ1n) is 9.88. The van der Waals surface area contributed by atoms with Gasteiger partial charge in [-0.05, 0) is 62.3 Å². The number of benzene rings is 1. The van der Waals surface area contributed by atoms with Gasteiger partial charge < -0.3 is 9.84 Å². The molecule has 0 spiro atoms. The lowest BCUT2D eigenvalue weighted by Crippen LogP contribution is -2.23. The Morgan fingerprint density at radius 1 is 1.28 bits per heavy atom. The normalized spacial score (nSPS) is 14.4. The van der Waals surface area contributed by atoms with Gasteiger partial charge in [0.2, 0.25) is 0 Å². The third-order valence-electron chi connectivity index (χ3n) is 5.60. The summed E-state index contributed by atoms with van der Waals surface area (Å²) in [7, 11) is 1.76. The number of rotatable bonds is 6. The lowest BCUT2D eigenvalue weighted by atomic mass is 10.1. The van der Waals surface area contributed by atoms with Gasteiger partial charge in [0.1, 0.15) is 17.2 Å². The molecule has 2 aromatic heterocycles. The van der Waals surface area contributed by atoms with Crippen LogP contribution in [0.1, 0.15) is 33.6 Å². The first-order valence-corrected chi connectivity index (χ1v) is 11.7. The zero-order valence-corrected chi connectivity index (χ0v) is 18.9. The molecule has 0 saturated heterocycles. The molecule has 0 aliphatic heterocycles. The molecular formula is C22H26N2O3S2. The minimum absolute atomic E-state index is 0.0219. The Labute approximate surface area is 178 Å². The zero-order valence-electron chi connectivity index (χ0n) is 17.2. The third-order valence-corrected chi connectivity index (χ3v) is 7.96. The molecule has 1 atom stereocenters. The molecule has 0 unspecified atom stereocenters. The molecule has 1 aliphatic rings. The summed E-state index contributed by atoms with van der Waals surface area (Å²) in [6, 6.07) is 4.11. The highest BCUT2D eigenvalue weighted by atomic mass is 32.2. The summed E-state index contributed by atoms with van der Waals surface area (Å²) in [5.41, 5.74) is 4.56. The SMILES string of the molecule is Cc1ccc(C)c(OC[C@H](O)CSc2nc3sc4c(c3c(=O)n2C)CCC4)c1C. The Balaban J connectivity index is 1.45. The van der Waals surface area contributed by atoms with Gasteiger partial charge in [-0.3, -0.25) is 9.36 Å². The van der Waals surface area contributed by atoms with Gasteiger partial charge in [0.15, 0.2) is 5.16 Å². The van der Waals surface area contributed by atoms with Gasteiger partial charge in [-0.25, -0.2) is 4.98 Å². The largest absolute Gasteiger partial charge is 0.490 e. The molecule has 1 N–H and O–H groups in total. The second-order valence-corrected chi connectivity index (χ2v) is 9.80. The predicted octanol–water partition coefficient (Wildman–Crippen LogP) is 3.94. The van der Waals surface area contributed by atoms with Crippen LogP contribution in [0.2, 0.25) is 0 Å². The monoisotopic (exact) mass is 430 g/mol. The molecule has 1 aliphatic carbocycles. The Morgan fingerprint density at radius 3 is 2.83 bits per heavy atom. The highest BCUT2D eigenvalue weighted by Gasteiger charge is 2.22. The van der Waals surface area contributed by atoms with Crippen LogP contribution in [0.15, 0.2) is 22.1 Å². The smallest absolute Gasteiger partial charge is 0.262 e. The molecule has 0 fully saturated rings. The second kappa shape index (κ2) is 8.13. The Morgan fingerprint density at radius 2 is 2.03 bits per heavy atom. The quantitative estimate of drug-likeness (QED) is 0.474. The first kappa shape index (κ1) is 20.4. The fraction of sp³-hybridized carbons (Fsp3) is 0.455. The van der Waals surface area contributed by atoms with E-state index in [1.807, 2.05) is 19.9 Å². The van der Waals surface area contributed by atoms with Gasteiger partial charge in [-0.2, -0.15) is 0 Å². The maximum atomic E-state index is 12.9. The maximum Gasteiger partial charge on any atom is 0.262 e. The Kier molecular flexibility index (Phi) is 5.73. The minimum Gasteiger partial charge on any atom is -0.490 e. The van der Waals surface area contributed by atoms with Crippen LogP contribution in [-0.2, 0) is 19.9 Å². The van der Waals surface area contributed by atoms with Crippen molar-refractivity contribution in [3.8, 4) is 5.75 Å². The molecule has 29 heavy (non-hydrogen) atoms. The summed E-state index contributed by atoms with van der Waals surface area (Å²) >= 11 is 3.04. The van der Waals surface area contributed by atoms with Crippen LogP contribution in [-0.4, -0.2) is 33.1 Å². The van der Waals surface area contributed by atoms with Gasteiger partial charge in [0.25, 0.3) is 5.56 Å². The highest BCUT2D eigenvalue weighted by molar-refractivity contribution is 7.99. The van der Waals surface area contributed by atoms with Crippen LogP contribution in [0.4, 0.5) is 0 Å². The number of hydrogen-bond donors (Lipinski definition) is 1. The van der Waals surface area contributed by atoms with Crippen LogP contribution in [0.3, 0.4) is 0 Å². The molecule has 4 rings (SSSR count). The van der Waals surface area contributed by atoms with E-state index in [9.17, 15) is 9.90 Å². The van der Waals surface area contributed by atoms with E-state index in [1.165, 1.54) is 27.8 Å². The van der Waals surface area contributed by atoms with Gasteiger partial charge in [0.05, 0.1) is 11.5 Å². The first-order chi connectivity index (χ1) is 13.9. The second-order valence-electron chi connectivity index (χ2n) is 7.73. The molecule has 5 nitrogen and oxygen atoms in total. The maximum absolute atomic E-state index is 12.9. The van der Waals surface area contributed by atoms with Gasteiger partial charge in [0, 0.05) is 17.7 Å². The number of aliphatic hydroxyl groups is 1. The molecule has 0 saturated carbocycles. The van der Waals surface area contributed by atoms with Gasteiger partial charge in [-0.15, -0.1) is 11.3 Å². The lowest BCUT2D eigenvalue weighted by molar-refractivity contribution is 0.125. The zero-order chi connectivity index (χ0) is 20.7. The number of thioether (sulfide) groups is 1. The number of nitrogens with zero attached hydrogens (tertiary/aromatic N) is 2. The summed E-state index contributed by atoms with van der Waals surface area (Å²) in [6.07, 6.45) is 2.51. The standard InChI is InChI=1S/C22H26N2O3S2/c1-12-8-9-13(2)19(14(12)3)27-10-15(25)11-28-22-23-20-18(21(26)24(22)4)16-6-5-7-17(16)29-20/h8-9,15,25H,5-7,10-11H2,1-4H3/t15-/m0/s1. The van der Waals surface area contributed by atoms with E-state index < -0.39 is 6.10 Å². The summed E-state index contributed by atoms with van der Waals surface area (Å²) in [5.74, 6) is 1.26. The summed E-state index contributed by atoms with van der Waals surface area (Å²) in [4.78, 5) is 19.7. The van der Waals surface area contributed by atoms with E-state index in [0.717, 1.165) is 46.4 Å². The average Bonchev–Trinajstić information content (AvgIpc) is 3.27. The Bertz CT molecular complexity index is 1130. The molecule has 1 aromatic carbocycles. The predicted molar refractivity (Wildman–Crippen MR) is 120 cm³/mol. The van der Waals surface area contributed by atoms with Crippen molar-refractivity contribution >= 4 is 33.3 Å². The summed E-state index contributed by atoms with van der Waals surface area (Å²) in [5, 5.41) is 11.9. The molecule has 3 aromatic rings. The fourth-order valence-corrected chi connectivity index (χ4v) is 5.96. The van der Waals surface area contributed by atoms with E-state index in [1.54, 1.807) is 23.0 Å². The summed E-state index contributed by atoms with van der Waals surface area (Å²) < 4.78 is 7.53. The van der Waals surface area contributed by atoms with Crippen molar-refractivity contribution in [2.24, 2.45) is 7.05 Å². The van der Waals surface area contributed by atoms with Crippen molar-refractivity contribution in [3.05, 3.63) is 49.6 Å². The van der Waals surface area contributed by atoms with Gasteiger partial charge >= 0.3 is 0 Å². The number of fused-ring (bicyclic) bond motifs is 3. The van der Waals surface area contributed by atoms with E-state index in [4.69, 9.17) is 9.72 Å². The topological polar surface area (TPSA) is 64.3 Å². The minimum atomic E-state index is -0.653. The van der Waals surface area contributed by atoms with Crippen molar-refractivity contribution in [2.75, 3.05) is 12.4 Å². The molecule has 2 heterocycles. The van der Waals surface area contributed by atoms with Crippen molar-refractivity contribution in [2.45, 2.75) is 51.3 Å². The van der Waals surface area contributed by atoms with Gasteiger partial charge in [-0.1, -0.05) is 23.9 Å². The van der Waals surface area contributed by atoms with Crippen LogP contribution in [0, 0.1) is 20.8 Å². The van der Waals surface area contributed by atoms with E-state index in [0.29, 0.717) is 10.9 Å². The average molecular weight is 431 g/mol. The number of aryl methyl sites for hydroxylation is 4. The fourth-order valence-electron chi connectivity index (χ4n) is 3.78. The molecule has 0 bridgehead atoms. The number of aromatic nitrogens is 2. The van der Waals surface area contributed by atoms with E-state index in [-0.39, 0.29) is 12.2 Å². The number of ether oxygens (including phenoxy) is 1. The molecule has 0 radical (unpaired) electrons. The van der Waals surface area contributed by atoms with Crippen LogP contribution in [0.25, 0.3) is 10.2 Å². The van der Waals surface area contributed by atoms with Crippen molar-refractivity contribution in [1.82, 2.24) is 9.55 Å². The van der Waals surface area contributed by atoms with Crippen molar-refractivity contribution in [3.63, 3.8) is 0 Å². The summed E-state index contributed by atoms with van der Waals surface area (Å²) in [6.45, 7) is 6.31. The molecular weight excluding hydrogens is 404 g/mol. The van der Waals surface area contributed by atoms with Crippen LogP contribution >= 0.6 is 23.1 Å². The molecule has 0 amide bonds. The number of thiophene rings is 1. The number of aliphatic hydroxyl groups excluding tert-OH is 1. The number of hydrogen-bond acceptors (Lipinski definition) is 6. The highest BCUT2D eigenvalue weighted by Crippen LogP contribution is 2.35. The van der Waals surface area contributed by atoms with Crippen molar-refractivity contribution in [1.29, 1.82) is 0 Å². The Hall–Kier alpha value is -1.83. The third kappa shape index (κ3) is 3.83. The molecule has 154 valence electrons. The lowest BCUT2D eigenvalue weighted by Gasteiger charge is -2.17. The van der Waals surface area contributed by atoms with E-state index in [2.05, 4.69) is 13.0 Å². The van der Waals surface area contributed by atoms with Crippen LogP contribution < -0.4 is 10.3 Å². The van der Waals surface area contributed by atoms with Crippen molar-refractivity contribution < 1.29 is 9.84 Å². The molecule has 7 heteroatoms. The van der Waals surface area contributed by atoms with Crippen LogP contribution in [0.5, 0.6) is 5.75 Å². The van der Waals surface area contributed by atoms with E-state index >= 15 is 0 Å².